The van der Waals surface area contributed by atoms with Crippen LogP contribution in [0.1, 0.15) is 25.5 Å². The van der Waals surface area contributed by atoms with Crippen LogP contribution in [0, 0.1) is 5.92 Å². The standard InChI is InChI=1S/C14H22N4O/c1-2-5-13-12(10-17-18-13)14(19)16-9-7-11-6-3-4-8-15-11/h3-4,6,8,12-13,17-18H,2,5,7,9-10H2,1H3,(H,16,19). The van der Waals surface area contributed by atoms with E-state index in [4.69, 9.17) is 0 Å². The first-order valence-electron chi connectivity index (χ1n) is 6.97. The number of carbonyl (C=O) groups is 1. The SMILES string of the molecule is CCCC1NNCC1C(=O)NCCc1ccccn1. The van der Waals surface area contributed by atoms with Crippen molar-refractivity contribution in [2.24, 2.45) is 5.92 Å². The second-order valence-corrected chi connectivity index (χ2v) is 4.89. The first-order chi connectivity index (χ1) is 9.31. The molecule has 2 atom stereocenters. The Morgan fingerprint density at radius 1 is 1.53 bits per heavy atom. The Balaban J connectivity index is 1.75. The summed E-state index contributed by atoms with van der Waals surface area (Å²) in [6.07, 6.45) is 4.65. The van der Waals surface area contributed by atoms with Crippen molar-refractivity contribution in [2.75, 3.05) is 13.1 Å². The summed E-state index contributed by atoms with van der Waals surface area (Å²) < 4.78 is 0. The number of hydrogen-bond donors (Lipinski definition) is 3. The monoisotopic (exact) mass is 262 g/mol. The Morgan fingerprint density at radius 2 is 2.42 bits per heavy atom. The van der Waals surface area contributed by atoms with Gasteiger partial charge in [0, 0.05) is 37.4 Å². The number of aromatic nitrogens is 1. The third kappa shape index (κ3) is 4.01. The predicted octanol–water partition coefficient (Wildman–Crippen LogP) is 0.633. The van der Waals surface area contributed by atoms with Gasteiger partial charge in [-0.3, -0.25) is 20.6 Å². The molecule has 104 valence electrons. The molecule has 3 N–H and O–H groups in total. The maximum atomic E-state index is 12.1. The number of pyridine rings is 1. The summed E-state index contributed by atoms with van der Waals surface area (Å²) in [5.41, 5.74) is 7.26. The van der Waals surface area contributed by atoms with E-state index in [1.54, 1.807) is 6.20 Å². The van der Waals surface area contributed by atoms with Crippen LogP contribution >= 0.6 is 0 Å². The van der Waals surface area contributed by atoms with Crippen molar-refractivity contribution in [1.29, 1.82) is 0 Å². The van der Waals surface area contributed by atoms with Crippen molar-refractivity contribution in [1.82, 2.24) is 21.2 Å². The van der Waals surface area contributed by atoms with Gasteiger partial charge < -0.3 is 5.32 Å². The van der Waals surface area contributed by atoms with Gasteiger partial charge in [0.15, 0.2) is 0 Å². The Bertz CT molecular complexity index is 396. The van der Waals surface area contributed by atoms with E-state index in [-0.39, 0.29) is 17.9 Å². The van der Waals surface area contributed by atoms with Crippen molar-refractivity contribution >= 4 is 5.91 Å². The zero-order valence-corrected chi connectivity index (χ0v) is 11.4. The Hall–Kier alpha value is -1.46. The maximum Gasteiger partial charge on any atom is 0.226 e. The summed E-state index contributed by atoms with van der Waals surface area (Å²) >= 11 is 0. The number of hydrogen-bond acceptors (Lipinski definition) is 4. The summed E-state index contributed by atoms with van der Waals surface area (Å²) in [4.78, 5) is 16.4. The van der Waals surface area contributed by atoms with Gasteiger partial charge in [-0.2, -0.15) is 0 Å². The summed E-state index contributed by atoms with van der Waals surface area (Å²) in [7, 11) is 0. The van der Waals surface area contributed by atoms with Crippen molar-refractivity contribution in [3.05, 3.63) is 30.1 Å². The third-order valence-electron chi connectivity index (χ3n) is 3.44. The van der Waals surface area contributed by atoms with E-state index < -0.39 is 0 Å². The molecule has 1 aliphatic heterocycles. The summed E-state index contributed by atoms with van der Waals surface area (Å²) in [6, 6.07) is 6.09. The molecule has 1 aromatic rings. The lowest BCUT2D eigenvalue weighted by Crippen LogP contribution is -2.40. The second kappa shape index (κ2) is 7.21. The molecule has 19 heavy (non-hydrogen) atoms. The van der Waals surface area contributed by atoms with Gasteiger partial charge in [0.05, 0.1) is 5.92 Å². The van der Waals surface area contributed by atoms with E-state index in [1.165, 1.54) is 0 Å². The van der Waals surface area contributed by atoms with Gasteiger partial charge in [-0.25, -0.2) is 0 Å². The first-order valence-corrected chi connectivity index (χ1v) is 6.97. The lowest BCUT2D eigenvalue weighted by atomic mass is 9.97. The minimum absolute atomic E-state index is 0.0312. The molecule has 2 unspecified atom stereocenters. The van der Waals surface area contributed by atoms with Crippen LogP contribution in [0.5, 0.6) is 0 Å². The van der Waals surface area contributed by atoms with Crippen LogP contribution in [-0.2, 0) is 11.2 Å². The number of hydrazine groups is 1. The highest BCUT2D eigenvalue weighted by Gasteiger charge is 2.31. The lowest BCUT2D eigenvalue weighted by Gasteiger charge is -2.17. The summed E-state index contributed by atoms with van der Waals surface area (Å²) in [6.45, 7) is 3.49. The minimum Gasteiger partial charge on any atom is -0.355 e. The summed E-state index contributed by atoms with van der Waals surface area (Å²) in [5, 5.41) is 3.00. The van der Waals surface area contributed by atoms with E-state index >= 15 is 0 Å². The molecule has 2 heterocycles. The fourth-order valence-electron chi connectivity index (χ4n) is 2.39. The van der Waals surface area contributed by atoms with Crippen LogP contribution in [0.25, 0.3) is 0 Å². The average molecular weight is 262 g/mol. The fourth-order valence-corrected chi connectivity index (χ4v) is 2.39. The molecule has 5 nitrogen and oxygen atoms in total. The van der Waals surface area contributed by atoms with Crippen molar-refractivity contribution in [2.45, 2.75) is 32.2 Å². The average Bonchev–Trinajstić information content (AvgIpc) is 2.89. The van der Waals surface area contributed by atoms with Gasteiger partial charge in [0.25, 0.3) is 0 Å². The number of amides is 1. The molecule has 0 aliphatic carbocycles. The van der Waals surface area contributed by atoms with Crippen LogP contribution in [-0.4, -0.2) is 30.0 Å². The van der Waals surface area contributed by atoms with Crippen LogP contribution in [0.2, 0.25) is 0 Å². The zero-order valence-electron chi connectivity index (χ0n) is 11.4. The molecule has 1 fully saturated rings. The first kappa shape index (κ1) is 14.0. The summed E-state index contributed by atoms with van der Waals surface area (Å²) in [5.74, 6) is 0.163. The molecule has 1 aliphatic rings. The normalized spacial score (nSPS) is 22.4. The van der Waals surface area contributed by atoms with E-state index in [0.717, 1.165) is 25.0 Å². The largest absolute Gasteiger partial charge is 0.355 e. The van der Waals surface area contributed by atoms with Crippen LogP contribution in [0.3, 0.4) is 0 Å². The molecule has 2 rings (SSSR count). The van der Waals surface area contributed by atoms with Gasteiger partial charge in [0.2, 0.25) is 5.91 Å². The maximum absolute atomic E-state index is 12.1. The van der Waals surface area contributed by atoms with Crippen LogP contribution < -0.4 is 16.2 Å². The van der Waals surface area contributed by atoms with Crippen molar-refractivity contribution in [3.63, 3.8) is 0 Å². The molecule has 0 aromatic carbocycles. The van der Waals surface area contributed by atoms with Gasteiger partial charge in [-0.05, 0) is 18.6 Å². The van der Waals surface area contributed by atoms with Crippen LogP contribution in [0.15, 0.2) is 24.4 Å². The van der Waals surface area contributed by atoms with Crippen molar-refractivity contribution in [3.8, 4) is 0 Å². The quantitative estimate of drug-likeness (QED) is 0.703. The molecule has 0 radical (unpaired) electrons. The second-order valence-electron chi connectivity index (χ2n) is 4.89. The fraction of sp³-hybridized carbons (Fsp3) is 0.571. The zero-order chi connectivity index (χ0) is 13.5. The third-order valence-corrected chi connectivity index (χ3v) is 3.44. The molecule has 5 heteroatoms. The van der Waals surface area contributed by atoms with Crippen molar-refractivity contribution < 1.29 is 4.79 Å². The molecule has 0 saturated carbocycles. The highest BCUT2D eigenvalue weighted by atomic mass is 16.2. The van der Waals surface area contributed by atoms with Gasteiger partial charge >= 0.3 is 0 Å². The van der Waals surface area contributed by atoms with Crippen LogP contribution in [0.4, 0.5) is 0 Å². The molecule has 1 saturated heterocycles. The molecule has 0 spiro atoms. The number of carbonyl (C=O) groups excluding carboxylic acids is 1. The van der Waals surface area contributed by atoms with E-state index in [2.05, 4.69) is 28.1 Å². The lowest BCUT2D eigenvalue weighted by molar-refractivity contribution is -0.124. The van der Waals surface area contributed by atoms with Gasteiger partial charge in [0.1, 0.15) is 0 Å². The molecule has 1 amide bonds. The van der Waals surface area contributed by atoms with Gasteiger partial charge in [-0.15, -0.1) is 0 Å². The van der Waals surface area contributed by atoms with E-state index in [1.807, 2.05) is 18.2 Å². The Labute approximate surface area is 114 Å². The molecule has 1 aromatic heterocycles. The number of nitrogens with one attached hydrogen (secondary N) is 3. The van der Waals surface area contributed by atoms with E-state index in [0.29, 0.717) is 13.1 Å². The highest BCUT2D eigenvalue weighted by Crippen LogP contribution is 2.13. The molecule has 0 bridgehead atoms. The predicted molar refractivity (Wildman–Crippen MR) is 74.3 cm³/mol. The highest BCUT2D eigenvalue weighted by molar-refractivity contribution is 5.79. The minimum atomic E-state index is 0.0312. The smallest absolute Gasteiger partial charge is 0.226 e. The Morgan fingerprint density at radius 3 is 3.16 bits per heavy atom. The van der Waals surface area contributed by atoms with Gasteiger partial charge in [-0.1, -0.05) is 19.4 Å². The number of rotatable bonds is 6. The Kier molecular flexibility index (Phi) is 5.30. The number of nitrogens with zero attached hydrogens (tertiary/aromatic N) is 1. The topological polar surface area (TPSA) is 66.0 Å². The van der Waals surface area contributed by atoms with E-state index in [9.17, 15) is 4.79 Å². The molecular formula is C14H22N4O. The molecular weight excluding hydrogens is 240 g/mol.